The molecule has 1 aliphatic rings. The van der Waals surface area contributed by atoms with Crippen LogP contribution in [0.5, 0.6) is 23.0 Å². The monoisotopic (exact) mass is 588 g/mol. The summed E-state index contributed by atoms with van der Waals surface area (Å²) < 4.78 is 23.9. The van der Waals surface area contributed by atoms with E-state index in [1.807, 2.05) is 0 Å². The van der Waals surface area contributed by atoms with Gasteiger partial charge in [0.05, 0.1) is 43.7 Å². The molecule has 0 saturated heterocycles. The van der Waals surface area contributed by atoms with Crippen LogP contribution in [0.3, 0.4) is 0 Å². The molecule has 3 aromatic rings. The molecular weight excluding hydrogens is 564 g/mol. The van der Waals surface area contributed by atoms with Gasteiger partial charge < -0.3 is 24.1 Å². The van der Waals surface area contributed by atoms with E-state index in [-0.39, 0.29) is 29.2 Å². The van der Waals surface area contributed by atoms with Crippen LogP contribution in [0.2, 0.25) is 0 Å². The Labute approximate surface area is 225 Å². The number of benzene rings is 2. The Kier molecular flexibility index (Phi) is 7.74. The Bertz CT molecular complexity index is 1590. The molecule has 0 spiro atoms. The summed E-state index contributed by atoms with van der Waals surface area (Å²) in [5, 5.41) is 10.6. The minimum atomic E-state index is -0.857. The maximum Gasteiger partial charge on any atom is 0.338 e. The zero-order valence-corrected chi connectivity index (χ0v) is 23.2. The maximum atomic E-state index is 13.8. The number of hydrogen-bond donors (Lipinski definition) is 1. The standard InChI is InChI=1S/C26H25BrN2O7S/c1-6-36-25(32)21-13(2)28-26-29(22(21)17-8-7-16(33-3)12-18(17)34-4)24(31)20(37-26)10-14-9-15(27)11-19(35-5)23(14)30/h7-12,22,30H,6H2,1-5H3/b20-10-/t22-/m1/s1. The number of aromatic hydroxyl groups is 1. The number of ether oxygens (including phenoxy) is 4. The highest BCUT2D eigenvalue weighted by molar-refractivity contribution is 9.10. The average Bonchev–Trinajstić information content (AvgIpc) is 3.18. The van der Waals surface area contributed by atoms with Gasteiger partial charge in [-0.05, 0) is 44.2 Å². The summed E-state index contributed by atoms with van der Waals surface area (Å²) in [4.78, 5) is 31.9. The molecule has 1 aliphatic heterocycles. The van der Waals surface area contributed by atoms with E-state index in [4.69, 9.17) is 18.9 Å². The summed E-state index contributed by atoms with van der Waals surface area (Å²) >= 11 is 4.54. The van der Waals surface area contributed by atoms with Gasteiger partial charge in [-0.2, -0.15) is 0 Å². The topological polar surface area (TPSA) is 109 Å². The third kappa shape index (κ3) is 4.88. The molecule has 0 amide bonds. The lowest BCUT2D eigenvalue weighted by atomic mass is 9.95. The quantitative estimate of drug-likeness (QED) is 0.422. The number of thiazole rings is 1. The third-order valence-corrected chi connectivity index (χ3v) is 7.27. The molecule has 2 aromatic carbocycles. The molecule has 0 unspecified atom stereocenters. The number of carbonyl (C=O) groups is 1. The van der Waals surface area contributed by atoms with Gasteiger partial charge in [0.15, 0.2) is 16.3 Å². The zero-order valence-electron chi connectivity index (χ0n) is 20.8. The molecular formula is C26H25BrN2O7S. The van der Waals surface area contributed by atoms with Gasteiger partial charge in [-0.15, -0.1) is 0 Å². The van der Waals surface area contributed by atoms with E-state index in [0.29, 0.717) is 42.1 Å². The normalized spacial score (nSPS) is 15.2. The molecule has 1 N–H and O–H groups in total. The van der Waals surface area contributed by atoms with Crippen LogP contribution in [-0.2, 0) is 9.53 Å². The second kappa shape index (κ2) is 10.8. The van der Waals surface area contributed by atoms with Crippen LogP contribution in [0.4, 0.5) is 0 Å². The fourth-order valence-corrected chi connectivity index (χ4v) is 5.62. The molecule has 0 fully saturated rings. The SMILES string of the molecule is CCOC(=O)C1=C(C)N=c2s/c(=C\c3cc(Br)cc(OC)c3O)c(=O)n2[C@@H]1c1ccc(OC)cc1OC. The number of nitrogens with zero attached hydrogens (tertiary/aromatic N) is 2. The van der Waals surface area contributed by atoms with Crippen molar-refractivity contribution in [1.82, 2.24) is 4.57 Å². The van der Waals surface area contributed by atoms with E-state index in [9.17, 15) is 14.7 Å². The molecule has 0 bridgehead atoms. The van der Waals surface area contributed by atoms with Gasteiger partial charge in [0, 0.05) is 21.7 Å². The molecule has 11 heteroatoms. The number of hydrogen-bond acceptors (Lipinski definition) is 9. The number of aromatic nitrogens is 1. The summed E-state index contributed by atoms with van der Waals surface area (Å²) in [7, 11) is 4.49. The number of methoxy groups -OCH3 is 3. The first-order chi connectivity index (χ1) is 17.7. The van der Waals surface area contributed by atoms with Crippen molar-refractivity contribution < 1.29 is 28.8 Å². The summed E-state index contributed by atoms with van der Waals surface area (Å²) in [6.45, 7) is 3.58. The van der Waals surface area contributed by atoms with Gasteiger partial charge in [0.2, 0.25) is 0 Å². The highest BCUT2D eigenvalue weighted by Gasteiger charge is 2.35. The molecule has 4 rings (SSSR count). The van der Waals surface area contributed by atoms with E-state index >= 15 is 0 Å². The number of phenolic OH excluding ortho intramolecular Hbond substituents is 1. The lowest BCUT2D eigenvalue weighted by Gasteiger charge is -2.26. The van der Waals surface area contributed by atoms with Crippen molar-refractivity contribution in [3.8, 4) is 23.0 Å². The number of fused-ring (bicyclic) bond motifs is 1. The predicted molar refractivity (Wildman–Crippen MR) is 142 cm³/mol. The third-order valence-electron chi connectivity index (χ3n) is 5.83. The maximum absolute atomic E-state index is 13.8. The van der Waals surface area contributed by atoms with Crippen LogP contribution in [0.1, 0.15) is 31.0 Å². The largest absolute Gasteiger partial charge is 0.504 e. The fraction of sp³-hybridized carbons (Fsp3) is 0.269. The first kappa shape index (κ1) is 26.5. The van der Waals surface area contributed by atoms with E-state index in [2.05, 4.69) is 20.9 Å². The van der Waals surface area contributed by atoms with Gasteiger partial charge in [0.25, 0.3) is 5.56 Å². The molecule has 0 radical (unpaired) electrons. The molecule has 1 atom stereocenters. The number of esters is 1. The van der Waals surface area contributed by atoms with Crippen LogP contribution in [0.15, 0.2) is 55.9 Å². The summed E-state index contributed by atoms with van der Waals surface area (Å²) in [5.41, 5.74) is 1.23. The van der Waals surface area contributed by atoms with Crippen LogP contribution in [0, 0.1) is 0 Å². The summed E-state index contributed by atoms with van der Waals surface area (Å²) in [5.74, 6) is 0.577. The van der Waals surface area contributed by atoms with Gasteiger partial charge in [0.1, 0.15) is 17.5 Å². The van der Waals surface area contributed by atoms with Gasteiger partial charge >= 0.3 is 5.97 Å². The van der Waals surface area contributed by atoms with E-state index in [1.165, 1.54) is 25.9 Å². The van der Waals surface area contributed by atoms with Crippen molar-refractivity contribution in [2.75, 3.05) is 27.9 Å². The van der Waals surface area contributed by atoms with Crippen LogP contribution in [0.25, 0.3) is 6.08 Å². The number of rotatable bonds is 7. The van der Waals surface area contributed by atoms with E-state index in [0.717, 1.165) is 11.3 Å². The number of phenols is 1. The van der Waals surface area contributed by atoms with E-state index < -0.39 is 12.0 Å². The van der Waals surface area contributed by atoms with Crippen molar-refractivity contribution in [3.63, 3.8) is 0 Å². The van der Waals surface area contributed by atoms with Crippen molar-refractivity contribution in [3.05, 3.63) is 76.9 Å². The zero-order chi connectivity index (χ0) is 26.9. The number of carbonyl (C=O) groups excluding carboxylic acids is 1. The lowest BCUT2D eigenvalue weighted by molar-refractivity contribution is -0.139. The van der Waals surface area contributed by atoms with Crippen molar-refractivity contribution >= 4 is 39.3 Å². The second-order valence-electron chi connectivity index (χ2n) is 7.96. The Morgan fingerprint density at radius 1 is 1.16 bits per heavy atom. The molecule has 0 aliphatic carbocycles. The Hall–Kier alpha value is -3.57. The first-order valence-electron chi connectivity index (χ1n) is 11.2. The number of halogens is 1. The highest BCUT2D eigenvalue weighted by Crippen LogP contribution is 2.38. The molecule has 2 heterocycles. The molecule has 0 saturated carbocycles. The van der Waals surface area contributed by atoms with E-state index in [1.54, 1.807) is 50.3 Å². The first-order valence-corrected chi connectivity index (χ1v) is 12.8. The van der Waals surface area contributed by atoms with Gasteiger partial charge in [-0.25, -0.2) is 9.79 Å². The minimum Gasteiger partial charge on any atom is -0.504 e. The van der Waals surface area contributed by atoms with Crippen LogP contribution >= 0.6 is 27.3 Å². The molecule has 1 aromatic heterocycles. The second-order valence-corrected chi connectivity index (χ2v) is 9.88. The van der Waals surface area contributed by atoms with Crippen molar-refractivity contribution in [1.29, 1.82) is 0 Å². The smallest absolute Gasteiger partial charge is 0.338 e. The molecule has 194 valence electrons. The van der Waals surface area contributed by atoms with Gasteiger partial charge in [-0.1, -0.05) is 27.3 Å². The minimum absolute atomic E-state index is 0.103. The Morgan fingerprint density at radius 2 is 1.89 bits per heavy atom. The van der Waals surface area contributed by atoms with Crippen LogP contribution < -0.4 is 29.1 Å². The van der Waals surface area contributed by atoms with Gasteiger partial charge in [-0.3, -0.25) is 9.36 Å². The lowest BCUT2D eigenvalue weighted by Crippen LogP contribution is -2.40. The summed E-state index contributed by atoms with van der Waals surface area (Å²) in [6.07, 6.45) is 1.57. The Morgan fingerprint density at radius 3 is 2.54 bits per heavy atom. The number of allylic oxidation sites excluding steroid dienone is 1. The average molecular weight is 589 g/mol. The Balaban J connectivity index is 2.01. The molecule has 9 nitrogen and oxygen atoms in total. The van der Waals surface area contributed by atoms with Crippen LogP contribution in [-0.4, -0.2) is 43.6 Å². The highest BCUT2D eigenvalue weighted by atomic mass is 79.9. The fourth-order valence-electron chi connectivity index (χ4n) is 4.13. The molecule has 37 heavy (non-hydrogen) atoms. The van der Waals surface area contributed by atoms with Crippen molar-refractivity contribution in [2.45, 2.75) is 19.9 Å². The van der Waals surface area contributed by atoms with Crippen molar-refractivity contribution in [2.24, 2.45) is 4.99 Å². The predicted octanol–water partition coefficient (Wildman–Crippen LogP) is 3.29. The summed E-state index contributed by atoms with van der Waals surface area (Å²) in [6, 6.07) is 7.62.